The summed E-state index contributed by atoms with van der Waals surface area (Å²) in [6.07, 6.45) is 1.27. The van der Waals surface area contributed by atoms with Crippen LogP contribution in [-0.4, -0.2) is 20.6 Å². The fraction of sp³-hybridized carbons (Fsp3) is 0.222. The third-order valence-corrected chi connectivity index (χ3v) is 4.50. The zero-order valence-electron chi connectivity index (χ0n) is 14.1. The maximum atomic E-state index is 12.3. The maximum Gasteiger partial charge on any atom is 0.226 e. The molecule has 2 N–H and O–H groups in total. The molecule has 0 heterocycles. The Kier molecular flexibility index (Phi) is 6.75. The van der Waals surface area contributed by atoms with Crippen LogP contribution in [0.5, 0.6) is 0 Å². The summed E-state index contributed by atoms with van der Waals surface area (Å²) in [4.78, 5) is 12.3. The molecule has 0 saturated heterocycles. The van der Waals surface area contributed by atoms with Gasteiger partial charge in [-0.2, -0.15) is 5.26 Å². The van der Waals surface area contributed by atoms with Crippen LogP contribution in [0.2, 0.25) is 5.02 Å². The van der Waals surface area contributed by atoms with Gasteiger partial charge in [-0.3, -0.25) is 4.79 Å². The van der Waals surface area contributed by atoms with Gasteiger partial charge in [0.15, 0.2) is 0 Å². The van der Waals surface area contributed by atoms with Gasteiger partial charge in [0.25, 0.3) is 0 Å². The van der Waals surface area contributed by atoms with Crippen LogP contribution in [0.3, 0.4) is 0 Å². The lowest BCUT2D eigenvalue weighted by Crippen LogP contribution is -2.30. The summed E-state index contributed by atoms with van der Waals surface area (Å²) in [5, 5.41) is 11.9. The van der Waals surface area contributed by atoms with Gasteiger partial charge in [0, 0.05) is 17.1 Å². The molecule has 2 aromatic carbocycles. The predicted molar refractivity (Wildman–Crippen MR) is 101 cm³/mol. The molecular weight excluding hydrogens is 374 g/mol. The van der Waals surface area contributed by atoms with Crippen LogP contribution in [0.4, 0.5) is 5.69 Å². The molecule has 1 atom stereocenters. The van der Waals surface area contributed by atoms with Gasteiger partial charge in [0.05, 0.1) is 24.8 Å². The zero-order valence-corrected chi connectivity index (χ0v) is 15.6. The number of anilines is 1. The minimum atomic E-state index is -3.51. The summed E-state index contributed by atoms with van der Waals surface area (Å²) in [6, 6.07) is 14.9. The standard InChI is InChI=1S/C18H18ClN3O3S/c1-26(24,25)22-17(14-4-6-15(19)7-5-14)12-18(23)21-16-8-2-13(3-9-16)10-11-20/h2-9,17,22H,10,12H2,1H3,(H,21,23)/t17-/m1/s1. The van der Waals surface area contributed by atoms with Crippen LogP contribution in [0.1, 0.15) is 23.6 Å². The first-order chi connectivity index (χ1) is 12.3. The number of nitrogens with one attached hydrogen (secondary N) is 2. The van der Waals surface area contributed by atoms with Crippen molar-refractivity contribution in [3.63, 3.8) is 0 Å². The molecule has 26 heavy (non-hydrogen) atoms. The molecule has 0 bridgehead atoms. The van der Waals surface area contributed by atoms with Gasteiger partial charge in [0.2, 0.25) is 15.9 Å². The van der Waals surface area contributed by atoms with Crippen LogP contribution in [0.15, 0.2) is 48.5 Å². The van der Waals surface area contributed by atoms with Gasteiger partial charge in [-0.05, 0) is 35.4 Å². The van der Waals surface area contributed by atoms with Crippen molar-refractivity contribution in [3.8, 4) is 6.07 Å². The van der Waals surface area contributed by atoms with Crippen molar-refractivity contribution in [1.82, 2.24) is 4.72 Å². The lowest BCUT2D eigenvalue weighted by molar-refractivity contribution is -0.116. The van der Waals surface area contributed by atoms with E-state index in [9.17, 15) is 13.2 Å². The van der Waals surface area contributed by atoms with Crippen LogP contribution >= 0.6 is 11.6 Å². The summed E-state index contributed by atoms with van der Waals surface area (Å²) in [7, 11) is -3.51. The molecule has 0 aliphatic heterocycles. The van der Waals surface area contributed by atoms with E-state index in [0.717, 1.165) is 11.8 Å². The predicted octanol–water partition coefficient (Wildman–Crippen LogP) is 3.03. The van der Waals surface area contributed by atoms with Gasteiger partial charge in [-0.25, -0.2) is 13.1 Å². The Labute approximate surface area is 157 Å². The number of carbonyl (C=O) groups is 1. The van der Waals surface area contributed by atoms with Crippen LogP contribution in [0.25, 0.3) is 0 Å². The molecule has 1 amide bonds. The minimum Gasteiger partial charge on any atom is -0.326 e. The van der Waals surface area contributed by atoms with E-state index in [1.807, 2.05) is 0 Å². The Morgan fingerprint density at radius 2 is 1.77 bits per heavy atom. The lowest BCUT2D eigenvalue weighted by atomic mass is 10.0. The molecule has 0 saturated carbocycles. The normalized spacial score (nSPS) is 12.2. The van der Waals surface area contributed by atoms with E-state index in [0.29, 0.717) is 22.7 Å². The van der Waals surface area contributed by atoms with E-state index in [2.05, 4.69) is 16.1 Å². The Morgan fingerprint density at radius 3 is 2.31 bits per heavy atom. The van der Waals surface area contributed by atoms with Crippen LogP contribution < -0.4 is 10.0 Å². The molecule has 0 aromatic heterocycles. The molecule has 0 spiro atoms. The second-order valence-corrected chi connectivity index (χ2v) is 7.99. The van der Waals surface area contributed by atoms with Crippen molar-refractivity contribution in [2.45, 2.75) is 18.9 Å². The number of sulfonamides is 1. The maximum absolute atomic E-state index is 12.3. The molecule has 0 aliphatic carbocycles. The summed E-state index contributed by atoms with van der Waals surface area (Å²) >= 11 is 5.86. The second kappa shape index (κ2) is 8.81. The topological polar surface area (TPSA) is 99.1 Å². The number of halogens is 1. The summed E-state index contributed by atoms with van der Waals surface area (Å²) in [5.74, 6) is -0.339. The van der Waals surface area contributed by atoms with Crippen molar-refractivity contribution in [3.05, 3.63) is 64.7 Å². The average Bonchev–Trinajstić information content (AvgIpc) is 2.56. The number of rotatable bonds is 7. The van der Waals surface area contributed by atoms with E-state index in [-0.39, 0.29) is 12.3 Å². The fourth-order valence-electron chi connectivity index (χ4n) is 2.38. The van der Waals surface area contributed by atoms with Gasteiger partial charge in [-0.15, -0.1) is 0 Å². The van der Waals surface area contributed by atoms with Crippen molar-refractivity contribution in [2.24, 2.45) is 0 Å². The van der Waals surface area contributed by atoms with E-state index < -0.39 is 16.1 Å². The first-order valence-electron chi connectivity index (χ1n) is 7.75. The quantitative estimate of drug-likeness (QED) is 0.757. The summed E-state index contributed by atoms with van der Waals surface area (Å²) in [6.45, 7) is 0. The van der Waals surface area contributed by atoms with Gasteiger partial charge < -0.3 is 5.32 Å². The van der Waals surface area contributed by atoms with Gasteiger partial charge in [-0.1, -0.05) is 35.9 Å². The molecule has 2 rings (SSSR count). The molecule has 0 radical (unpaired) electrons. The molecule has 0 fully saturated rings. The van der Waals surface area contributed by atoms with E-state index in [4.69, 9.17) is 16.9 Å². The number of benzene rings is 2. The zero-order chi connectivity index (χ0) is 19.2. The largest absolute Gasteiger partial charge is 0.326 e. The highest BCUT2D eigenvalue weighted by Gasteiger charge is 2.20. The molecule has 0 aliphatic rings. The third-order valence-electron chi connectivity index (χ3n) is 3.54. The summed E-state index contributed by atoms with van der Waals surface area (Å²) < 4.78 is 25.7. The Bertz CT molecular complexity index is 904. The number of nitrogens with zero attached hydrogens (tertiary/aromatic N) is 1. The van der Waals surface area contributed by atoms with Crippen molar-refractivity contribution in [2.75, 3.05) is 11.6 Å². The lowest BCUT2D eigenvalue weighted by Gasteiger charge is -2.18. The molecule has 8 heteroatoms. The average molecular weight is 392 g/mol. The number of hydrogen-bond acceptors (Lipinski definition) is 4. The number of nitriles is 1. The monoisotopic (exact) mass is 391 g/mol. The molecule has 6 nitrogen and oxygen atoms in total. The van der Waals surface area contributed by atoms with Gasteiger partial charge >= 0.3 is 0 Å². The molecular formula is C18H18ClN3O3S. The number of hydrogen-bond donors (Lipinski definition) is 2. The Hall–Kier alpha value is -2.40. The Balaban J connectivity index is 2.10. The highest BCUT2D eigenvalue weighted by atomic mass is 35.5. The summed E-state index contributed by atoms with van der Waals surface area (Å²) in [5.41, 5.74) is 2.06. The SMILES string of the molecule is CS(=O)(=O)N[C@H](CC(=O)Nc1ccc(CC#N)cc1)c1ccc(Cl)cc1. The molecule has 2 aromatic rings. The van der Waals surface area contributed by atoms with Crippen molar-refractivity contribution < 1.29 is 13.2 Å². The molecule has 136 valence electrons. The van der Waals surface area contributed by atoms with E-state index in [1.165, 1.54) is 0 Å². The van der Waals surface area contributed by atoms with E-state index >= 15 is 0 Å². The molecule has 0 unspecified atom stereocenters. The Morgan fingerprint density at radius 1 is 1.15 bits per heavy atom. The number of amides is 1. The van der Waals surface area contributed by atoms with Crippen LogP contribution in [0, 0.1) is 11.3 Å². The first kappa shape index (κ1) is 19.9. The highest BCUT2D eigenvalue weighted by Crippen LogP contribution is 2.21. The number of carbonyl (C=O) groups excluding carboxylic acids is 1. The minimum absolute atomic E-state index is 0.0748. The highest BCUT2D eigenvalue weighted by molar-refractivity contribution is 7.88. The van der Waals surface area contributed by atoms with E-state index in [1.54, 1.807) is 48.5 Å². The van der Waals surface area contributed by atoms with Crippen LogP contribution in [-0.2, 0) is 21.2 Å². The smallest absolute Gasteiger partial charge is 0.226 e. The van der Waals surface area contributed by atoms with Gasteiger partial charge in [0.1, 0.15) is 0 Å². The first-order valence-corrected chi connectivity index (χ1v) is 10.0. The van der Waals surface area contributed by atoms with Crippen molar-refractivity contribution in [1.29, 1.82) is 5.26 Å². The third kappa shape index (κ3) is 6.48. The van der Waals surface area contributed by atoms with Crippen molar-refractivity contribution >= 4 is 33.2 Å². The second-order valence-electron chi connectivity index (χ2n) is 5.78. The fourth-order valence-corrected chi connectivity index (χ4v) is 3.24.